The number of hydrogen-bond donors (Lipinski definition) is 0. The maximum Gasteiger partial charge on any atom is 0.339 e. The number of rotatable bonds is 9. The molecule has 0 unspecified atom stereocenters. The first-order valence-electron chi connectivity index (χ1n) is 10.6. The van der Waals surface area contributed by atoms with E-state index in [1.54, 1.807) is 30.3 Å². The highest BCUT2D eigenvalue weighted by Crippen LogP contribution is 2.34. The molecule has 0 saturated carbocycles. The van der Waals surface area contributed by atoms with E-state index in [4.69, 9.17) is 13.7 Å². The van der Waals surface area contributed by atoms with Crippen LogP contribution in [0.2, 0.25) is 0 Å². The molecule has 0 radical (unpaired) electrons. The first-order valence-corrected chi connectivity index (χ1v) is 13.6. The molecule has 3 aromatic carbocycles. The van der Waals surface area contributed by atoms with E-state index >= 15 is 0 Å². The number of ether oxygens (including phenoxy) is 2. The predicted octanol–water partition coefficient (Wildman–Crippen LogP) is 5.34. The van der Waals surface area contributed by atoms with Crippen LogP contribution >= 0.6 is 27.7 Å². The molecular formula is C25H20BrNO7S2. The highest BCUT2D eigenvalue weighted by Gasteiger charge is 2.34. The molecule has 1 saturated heterocycles. The highest BCUT2D eigenvalue weighted by atomic mass is 79.9. The molecule has 36 heavy (non-hydrogen) atoms. The van der Waals surface area contributed by atoms with Crippen LogP contribution in [0.25, 0.3) is 6.08 Å². The Bertz CT molecular complexity index is 1410. The molecule has 0 N–H and O–H groups in total. The quantitative estimate of drug-likeness (QED) is 0.243. The fourth-order valence-corrected chi connectivity index (χ4v) is 5.60. The molecule has 1 aliphatic heterocycles. The minimum absolute atomic E-state index is 0.0239. The fourth-order valence-electron chi connectivity index (χ4n) is 3.20. The normalized spacial score (nSPS) is 14.8. The molecule has 0 aliphatic carbocycles. The number of carbonyl (C=O) groups is 2. The summed E-state index contributed by atoms with van der Waals surface area (Å²) in [6.45, 7) is 0.298. The third kappa shape index (κ3) is 6.10. The number of imide groups is 1. The number of methoxy groups -OCH3 is 1. The van der Waals surface area contributed by atoms with Gasteiger partial charge in [-0.3, -0.25) is 14.5 Å². The van der Waals surface area contributed by atoms with Gasteiger partial charge in [0.1, 0.15) is 23.0 Å². The second kappa shape index (κ2) is 11.2. The maximum atomic E-state index is 12.7. The summed E-state index contributed by atoms with van der Waals surface area (Å²) in [6.07, 6.45) is 1.56. The Morgan fingerprint density at radius 2 is 1.69 bits per heavy atom. The van der Waals surface area contributed by atoms with Crippen molar-refractivity contribution in [2.24, 2.45) is 0 Å². The standard InChI is InChI=1S/C25H20BrNO7S2/c1-32-18-8-10-20(11-9-18)36(30,31)34-22-12-7-17(15-21(22)26)16-23-24(28)27(25(29)35-23)13-14-33-19-5-3-2-4-6-19/h2-12,15-16H,13-14H2,1H3/b23-16-. The van der Waals surface area contributed by atoms with Gasteiger partial charge in [-0.1, -0.05) is 24.3 Å². The molecule has 0 aromatic heterocycles. The number of carbonyl (C=O) groups excluding carboxylic acids is 2. The van der Waals surface area contributed by atoms with Gasteiger partial charge in [0.15, 0.2) is 5.75 Å². The Kier molecular flexibility index (Phi) is 8.02. The lowest BCUT2D eigenvalue weighted by molar-refractivity contribution is -0.123. The molecular weight excluding hydrogens is 570 g/mol. The molecule has 4 rings (SSSR count). The Hall–Kier alpha value is -3.28. The van der Waals surface area contributed by atoms with Gasteiger partial charge in [-0.05, 0) is 87.9 Å². The first kappa shape index (κ1) is 25.8. The average Bonchev–Trinajstić information content (AvgIpc) is 3.13. The van der Waals surface area contributed by atoms with Gasteiger partial charge < -0.3 is 13.7 Å². The van der Waals surface area contributed by atoms with E-state index in [0.29, 0.717) is 21.5 Å². The van der Waals surface area contributed by atoms with Gasteiger partial charge in [0, 0.05) is 0 Å². The smallest absolute Gasteiger partial charge is 0.339 e. The Morgan fingerprint density at radius 3 is 2.36 bits per heavy atom. The largest absolute Gasteiger partial charge is 0.497 e. The Labute approximate surface area is 221 Å². The number of amides is 2. The summed E-state index contributed by atoms with van der Waals surface area (Å²) in [5.41, 5.74) is 0.585. The molecule has 11 heteroatoms. The molecule has 0 bridgehead atoms. The number of nitrogens with zero attached hydrogens (tertiary/aromatic N) is 1. The summed E-state index contributed by atoms with van der Waals surface area (Å²) in [5, 5.41) is -0.382. The molecule has 1 fully saturated rings. The zero-order chi connectivity index (χ0) is 25.7. The summed E-state index contributed by atoms with van der Waals surface area (Å²) < 4.78 is 41.5. The van der Waals surface area contributed by atoms with Crippen molar-refractivity contribution in [2.75, 3.05) is 20.3 Å². The minimum Gasteiger partial charge on any atom is -0.497 e. The molecule has 186 valence electrons. The van der Waals surface area contributed by atoms with Crippen LogP contribution in [0.4, 0.5) is 4.79 Å². The van der Waals surface area contributed by atoms with Crippen molar-refractivity contribution < 1.29 is 31.7 Å². The van der Waals surface area contributed by atoms with Crippen LogP contribution in [0.5, 0.6) is 17.2 Å². The molecule has 0 atom stereocenters. The van der Waals surface area contributed by atoms with Crippen molar-refractivity contribution >= 4 is 55.0 Å². The third-order valence-corrected chi connectivity index (χ3v) is 7.78. The van der Waals surface area contributed by atoms with E-state index < -0.39 is 16.0 Å². The molecule has 1 aliphatic rings. The van der Waals surface area contributed by atoms with Crippen LogP contribution in [0, 0.1) is 0 Å². The Balaban J connectivity index is 1.42. The second-order valence-electron chi connectivity index (χ2n) is 7.40. The van der Waals surface area contributed by atoms with E-state index in [9.17, 15) is 18.0 Å². The van der Waals surface area contributed by atoms with Crippen LogP contribution in [0.3, 0.4) is 0 Å². The van der Waals surface area contributed by atoms with E-state index in [2.05, 4.69) is 15.9 Å². The summed E-state index contributed by atoms with van der Waals surface area (Å²) in [5.74, 6) is 0.836. The number of benzene rings is 3. The summed E-state index contributed by atoms with van der Waals surface area (Å²) in [7, 11) is -2.59. The lowest BCUT2D eigenvalue weighted by Gasteiger charge is -2.13. The van der Waals surface area contributed by atoms with Crippen molar-refractivity contribution in [3.63, 3.8) is 0 Å². The maximum absolute atomic E-state index is 12.7. The van der Waals surface area contributed by atoms with Crippen molar-refractivity contribution in [1.82, 2.24) is 4.90 Å². The van der Waals surface area contributed by atoms with E-state index in [1.165, 1.54) is 37.4 Å². The Morgan fingerprint density at radius 1 is 0.972 bits per heavy atom. The van der Waals surface area contributed by atoms with Gasteiger partial charge in [-0.15, -0.1) is 0 Å². The molecule has 1 heterocycles. The van der Waals surface area contributed by atoms with Crippen molar-refractivity contribution in [2.45, 2.75) is 4.90 Å². The SMILES string of the molecule is COc1ccc(S(=O)(=O)Oc2ccc(/C=C3\SC(=O)N(CCOc4ccccc4)C3=O)cc2Br)cc1. The fraction of sp³-hybridized carbons (Fsp3) is 0.120. The highest BCUT2D eigenvalue weighted by molar-refractivity contribution is 9.10. The van der Waals surface area contributed by atoms with E-state index in [-0.39, 0.29) is 33.9 Å². The second-order valence-corrected chi connectivity index (χ2v) is 10.8. The lowest BCUT2D eigenvalue weighted by Crippen LogP contribution is -2.32. The van der Waals surface area contributed by atoms with Crippen molar-refractivity contribution in [1.29, 1.82) is 0 Å². The molecule has 0 spiro atoms. The minimum atomic E-state index is -4.07. The van der Waals surface area contributed by atoms with Crippen LogP contribution in [-0.2, 0) is 14.9 Å². The van der Waals surface area contributed by atoms with Gasteiger partial charge in [-0.2, -0.15) is 8.42 Å². The number of halogens is 1. The van der Waals surface area contributed by atoms with Gasteiger partial charge in [-0.25, -0.2) is 0 Å². The van der Waals surface area contributed by atoms with Gasteiger partial charge >= 0.3 is 10.1 Å². The summed E-state index contributed by atoms with van der Waals surface area (Å²) in [6, 6.07) is 19.6. The van der Waals surface area contributed by atoms with Crippen LogP contribution < -0.4 is 13.7 Å². The van der Waals surface area contributed by atoms with E-state index in [0.717, 1.165) is 16.7 Å². The summed E-state index contributed by atoms with van der Waals surface area (Å²) in [4.78, 5) is 26.5. The number of para-hydroxylation sites is 1. The summed E-state index contributed by atoms with van der Waals surface area (Å²) >= 11 is 4.15. The van der Waals surface area contributed by atoms with Crippen molar-refractivity contribution in [3.05, 3.63) is 87.7 Å². The van der Waals surface area contributed by atoms with Crippen molar-refractivity contribution in [3.8, 4) is 17.2 Å². The predicted molar refractivity (Wildman–Crippen MR) is 140 cm³/mol. The zero-order valence-electron chi connectivity index (χ0n) is 18.9. The van der Waals surface area contributed by atoms with E-state index in [1.807, 2.05) is 18.2 Å². The van der Waals surface area contributed by atoms with Gasteiger partial charge in [0.05, 0.1) is 23.0 Å². The average molecular weight is 590 g/mol. The monoisotopic (exact) mass is 589 g/mol. The lowest BCUT2D eigenvalue weighted by atomic mass is 10.2. The van der Waals surface area contributed by atoms with Gasteiger partial charge in [0.25, 0.3) is 11.1 Å². The molecule has 2 amide bonds. The molecule has 8 nitrogen and oxygen atoms in total. The van der Waals surface area contributed by atoms with Crippen LogP contribution in [-0.4, -0.2) is 44.7 Å². The van der Waals surface area contributed by atoms with Crippen LogP contribution in [0.1, 0.15) is 5.56 Å². The third-order valence-electron chi connectivity index (χ3n) is 5.00. The number of hydrogen-bond acceptors (Lipinski definition) is 8. The topological polar surface area (TPSA) is 99.2 Å². The first-order chi connectivity index (χ1) is 17.3. The van der Waals surface area contributed by atoms with Crippen LogP contribution in [0.15, 0.2) is 87.1 Å². The van der Waals surface area contributed by atoms with Gasteiger partial charge in [0.2, 0.25) is 0 Å². The number of thioether (sulfide) groups is 1. The zero-order valence-corrected chi connectivity index (χ0v) is 22.1. The molecule has 3 aromatic rings.